The van der Waals surface area contributed by atoms with Crippen molar-refractivity contribution in [3.05, 3.63) is 62.8 Å². The molecule has 0 saturated carbocycles. The van der Waals surface area contributed by atoms with Crippen molar-refractivity contribution < 1.29 is 9.13 Å². The number of hydrogen-bond donors (Lipinski definition) is 2. The number of rotatable bonds is 5. The van der Waals surface area contributed by atoms with Crippen molar-refractivity contribution in [3.63, 3.8) is 0 Å². The van der Waals surface area contributed by atoms with E-state index >= 15 is 0 Å². The molecule has 3 N–H and O–H groups in total. The molecule has 21 heavy (non-hydrogen) atoms. The molecule has 0 fully saturated rings. The van der Waals surface area contributed by atoms with Gasteiger partial charge in [-0.15, -0.1) is 0 Å². The van der Waals surface area contributed by atoms with Crippen LogP contribution in [0.5, 0.6) is 5.75 Å². The van der Waals surface area contributed by atoms with Crippen molar-refractivity contribution in [2.24, 2.45) is 5.84 Å². The van der Waals surface area contributed by atoms with Crippen molar-refractivity contribution >= 4 is 27.5 Å². The summed E-state index contributed by atoms with van der Waals surface area (Å²) in [6, 6.07) is 10.2. The SMILES string of the molecule is COc1cccc(CC(NN)c2cc(Cl)ccc2Br)c1F. The van der Waals surface area contributed by atoms with E-state index in [2.05, 4.69) is 21.4 Å². The lowest BCUT2D eigenvalue weighted by Crippen LogP contribution is -2.30. The molecule has 0 bridgehead atoms. The number of hydrazine groups is 1. The summed E-state index contributed by atoms with van der Waals surface area (Å²) in [5.74, 6) is 5.46. The van der Waals surface area contributed by atoms with Crippen LogP contribution in [0.15, 0.2) is 40.9 Å². The average Bonchev–Trinajstić information content (AvgIpc) is 2.49. The van der Waals surface area contributed by atoms with E-state index in [0.29, 0.717) is 17.0 Å². The van der Waals surface area contributed by atoms with Crippen molar-refractivity contribution in [2.75, 3.05) is 7.11 Å². The molecule has 2 rings (SSSR count). The molecule has 0 saturated heterocycles. The number of nitrogens with two attached hydrogens (primary N) is 1. The van der Waals surface area contributed by atoms with Gasteiger partial charge in [-0.25, -0.2) is 4.39 Å². The fourth-order valence-corrected chi connectivity index (χ4v) is 2.84. The molecule has 3 nitrogen and oxygen atoms in total. The normalized spacial score (nSPS) is 12.2. The Hall–Kier alpha value is -1.14. The van der Waals surface area contributed by atoms with Crippen LogP contribution < -0.4 is 16.0 Å². The van der Waals surface area contributed by atoms with Gasteiger partial charge in [0.05, 0.1) is 13.2 Å². The lowest BCUT2D eigenvalue weighted by atomic mass is 9.99. The second-order valence-corrected chi connectivity index (χ2v) is 5.81. The third-order valence-corrected chi connectivity index (χ3v) is 4.18. The van der Waals surface area contributed by atoms with Gasteiger partial charge in [-0.1, -0.05) is 39.7 Å². The molecule has 0 aliphatic rings. The van der Waals surface area contributed by atoms with Gasteiger partial charge in [0.25, 0.3) is 0 Å². The van der Waals surface area contributed by atoms with E-state index in [9.17, 15) is 4.39 Å². The van der Waals surface area contributed by atoms with Crippen LogP contribution in [-0.2, 0) is 6.42 Å². The highest BCUT2D eigenvalue weighted by Crippen LogP contribution is 2.30. The van der Waals surface area contributed by atoms with Gasteiger partial charge in [0.1, 0.15) is 0 Å². The van der Waals surface area contributed by atoms with Crippen LogP contribution in [0, 0.1) is 5.82 Å². The first-order valence-electron chi connectivity index (χ1n) is 6.29. The molecule has 0 aliphatic carbocycles. The molecule has 0 aromatic heterocycles. The monoisotopic (exact) mass is 372 g/mol. The highest BCUT2D eigenvalue weighted by Gasteiger charge is 2.18. The van der Waals surface area contributed by atoms with Crippen molar-refractivity contribution in [2.45, 2.75) is 12.5 Å². The maximum Gasteiger partial charge on any atom is 0.168 e. The molecule has 0 aliphatic heterocycles. The smallest absolute Gasteiger partial charge is 0.168 e. The molecule has 0 spiro atoms. The zero-order valence-corrected chi connectivity index (χ0v) is 13.7. The summed E-state index contributed by atoms with van der Waals surface area (Å²) in [5.41, 5.74) is 4.09. The van der Waals surface area contributed by atoms with Crippen LogP contribution in [-0.4, -0.2) is 7.11 Å². The molecule has 0 amide bonds. The molecule has 2 aromatic rings. The predicted molar refractivity (Wildman–Crippen MR) is 85.9 cm³/mol. The number of nitrogens with one attached hydrogen (secondary N) is 1. The zero-order chi connectivity index (χ0) is 15.4. The maximum atomic E-state index is 14.2. The minimum atomic E-state index is -0.376. The molecule has 1 atom stereocenters. The van der Waals surface area contributed by atoms with Crippen LogP contribution in [0.25, 0.3) is 0 Å². The fraction of sp³-hybridized carbons (Fsp3) is 0.200. The quantitative estimate of drug-likeness (QED) is 0.615. The Morgan fingerprint density at radius 2 is 2.14 bits per heavy atom. The van der Waals surface area contributed by atoms with Crippen LogP contribution in [0.3, 0.4) is 0 Å². The second kappa shape index (κ2) is 7.22. The largest absolute Gasteiger partial charge is 0.494 e. The first kappa shape index (κ1) is 16.2. The molecule has 0 radical (unpaired) electrons. The van der Waals surface area contributed by atoms with Crippen LogP contribution >= 0.6 is 27.5 Å². The summed E-state index contributed by atoms with van der Waals surface area (Å²) in [5, 5.41) is 0.597. The van der Waals surface area contributed by atoms with E-state index in [0.717, 1.165) is 10.0 Å². The van der Waals surface area contributed by atoms with E-state index in [4.69, 9.17) is 22.2 Å². The molecule has 2 aromatic carbocycles. The molecular weight excluding hydrogens is 359 g/mol. The third-order valence-electron chi connectivity index (χ3n) is 3.22. The average molecular weight is 374 g/mol. The van der Waals surface area contributed by atoms with E-state index in [1.54, 1.807) is 30.3 Å². The molecule has 6 heteroatoms. The van der Waals surface area contributed by atoms with Gasteiger partial charge in [0.15, 0.2) is 11.6 Å². The maximum absolute atomic E-state index is 14.2. The highest BCUT2D eigenvalue weighted by molar-refractivity contribution is 9.10. The summed E-state index contributed by atoms with van der Waals surface area (Å²) in [6.45, 7) is 0. The Balaban J connectivity index is 2.33. The van der Waals surface area contributed by atoms with Crippen molar-refractivity contribution in [1.82, 2.24) is 5.43 Å². The highest BCUT2D eigenvalue weighted by atomic mass is 79.9. The first-order chi connectivity index (χ1) is 10.1. The van der Waals surface area contributed by atoms with Gasteiger partial charge in [0, 0.05) is 9.50 Å². The Morgan fingerprint density at radius 3 is 2.81 bits per heavy atom. The van der Waals surface area contributed by atoms with Crippen LogP contribution in [0.4, 0.5) is 4.39 Å². The standard InChI is InChI=1S/C15H15BrClFN2O/c1-21-14-4-2-3-9(15(14)18)7-13(20-19)11-8-10(17)5-6-12(11)16/h2-6,8,13,20H,7,19H2,1H3. The summed E-state index contributed by atoms with van der Waals surface area (Å²) in [4.78, 5) is 0. The van der Waals surface area contributed by atoms with E-state index in [1.165, 1.54) is 7.11 Å². The number of halogens is 3. The lowest BCUT2D eigenvalue weighted by Gasteiger charge is -2.19. The minimum Gasteiger partial charge on any atom is -0.494 e. The van der Waals surface area contributed by atoms with E-state index in [1.807, 2.05) is 6.07 Å². The minimum absolute atomic E-state index is 0.216. The molecule has 0 heterocycles. The van der Waals surface area contributed by atoms with E-state index in [-0.39, 0.29) is 17.6 Å². The van der Waals surface area contributed by atoms with Crippen LogP contribution in [0.1, 0.15) is 17.2 Å². The van der Waals surface area contributed by atoms with Gasteiger partial charge >= 0.3 is 0 Å². The molecular formula is C15H15BrClFN2O. The van der Waals surface area contributed by atoms with Crippen molar-refractivity contribution in [3.8, 4) is 5.75 Å². The zero-order valence-electron chi connectivity index (χ0n) is 11.4. The Bertz CT molecular complexity index is 639. The predicted octanol–water partition coefficient (Wildman–Crippen LogP) is 4.00. The number of methoxy groups -OCH3 is 1. The summed E-state index contributed by atoms with van der Waals surface area (Å²) in [6.07, 6.45) is 0.373. The Morgan fingerprint density at radius 1 is 1.38 bits per heavy atom. The topological polar surface area (TPSA) is 47.3 Å². The Kier molecular flexibility index (Phi) is 5.58. The van der Waals surface area contributed by atoms with E-state index < -0.39 is 0 Å². The van der Waals surface area contributed by atoms with Gasteiger partial charge in [-0.2, -0.15) is 0 Å². The molecule has 112 valence electrons. The number of ether oxygens (including phenoxy) is 1. The van der Waals surface area contributed by atoms with Crippen molar-refractivity contribution in [1.29, 1.82) is 0 Å². The third kappa shape index (κ3) is 3.74. The van der Waals surface area contributed by atoms with Crippen LogP contribution in [0.2, 0.25) is 5.02 Å². The summed E-state index contributed by atoms with van der Waals surface area (Å²) in [7, 11) is 1.44. The second-order valence-electron chi connectivity index (χ2n) is 4.52. The Labute approximate surface area is 136 Å². The van der Waals surface area contributed by atoms with Gasteiger partial charge in [-0.05, 0) is 41.8 Å². The van der Waals surface area contributed by atoms with Gasteiger partial charge < -0.3 is 4.74 Å². The summed E-state index contributed by atoms with van der Waals surface area (Å²) < 4.78 is 20.1. The number of benzene rings is 2. The first-order valence-corrected chi connectivity index (χ1v) is 7.46. The lowest BCUT2D eigenvalue weighted by molar-refractivity contribution is 0.382. The molecule has 1 unspecified atom stereocenters. The van der Waals surface area contributed by atoms with Gasteiger partial charge in [-0.3, -0.25) is 11.3 Å². The number of hydrogen-bond acceptors (Lipinski definition) is 3. The summed E-state index contributed by atoms with van der Waals surface area (Å²) >= 11 is 9.48. The van der Waals surface area contributed by atoms with Gasteiger partial charge in [0.2, 0.25) is 0 Å². The fourth-order valence-electron chi connectivity index (χ4n) is 2.13.